The highest BCUT2D eigenvalue weighted by Gasteiger charge is 2.18. The Morgan fingerprint density at radius 1 is 1.16 bits per heavy atom. The molecule has 0 unspecified atom stereocenters. The highest BCUT2D eigenvalue weighted by Crippen LogP contribution is 2.17. The van der Waals surface area contributed by atoms with Crippen LogP contribution in [0.2, 0.25) is 0 Å². The number of piperazine rings is 1. The average Bonchev–Trinajstić information content (AvgIpc) is 2.62. The minimum Gasteiger partial charge on any atom is -0.508 e. The van der Waals surface area contributed by atoms with Crippen molar-refractivity contribution < 1.29 is 9.90 Å². The van der Waals surface area contributed by atoms with Gasteiger partial charge in [0.05, 0.1) is 5.56 Å². The second kappa shape index (κ2) is 7.53. The van der Waals surface area contributed by atoms with E-state index in [1.165, 1.54) is 0 Å². The van der Waals surface area contributed by atoms with E-state index in [1.54, 1.807) is 31.3 Å². The third-order valence-corrected chi connectivity index (χ3v) is 4.41. The van der Waals surface area contributed by atoms with Gasteiger partial charge in [-0.2, -0.15) is 0 Å². The Labute approximate surface area is 148 Å². The van der Waals surface area contributed by atoms with Crippen molar-refractivity contribution in [3.8, 4) is 5.75 Å². The number of pyridine rings is 1. The molecule has 0 spiro atoms. The van der Waals surface area contributed by atoms with Crippen LogP contribution >= 0.6 is 0 Å². The largest absolute Gasteiger partial charge is 0.508 e. The Morgan fingerprint density at radius 2 is 1.92 bits per heavy atom. The van der Waals surface area contributed by atoms with Gasteiger partial charge in [0.15, 0.2) is 0 Å². The molecule has 1 aliphatic rings. The molecule has 1 amide bonds. The van der Waals surface area contributed by atoms with E-state index in [2.05, 4.69) is 14.8 Å². The molecule has 6 nitrogen and oxygen atoms in total. The van der Waals surface area contributed by atoms with Crippen LogP contribution in [0.4, 0.5) is 5.82 Å². The Morgan fingerprint density at radius 3 is 2.52 bits per heavy atom. The number of hydrogen-bond acceptors (Lipinski definition) is 5. The van der Waals surface area contributed by atoms with Crippen molar-refractivity contribution in [2.24, 2.45) is 0 Å². The van der Waals surface area contributed by atoms with Crippen LogP contribution in [-0.4, -0.2) is 66.1 Å². The topological polar surface area (TPSA) is 59.9 Å². The highest BCUT2D eigenvalue weighted by molar-refractivity contribution is 5.93. The molecule has 1 aliphatic heterocycles. The summed E-state index contributed by atoms with van der Waals surface area (Å²) in [5.41, 5.74) is 1.73. The molecule has 2 aromatic rings. The van der Waals surface area contributed by atoms with Gasteiger partial charge in [0, 0.05) is 53.0 Å². The predicted octanol–water partition coefficient (Wildman–Crippen LogP) is 1.81. The molecule has 0 radical (unpaired) electrons. The van der Waals surface area contributed by atoms with Crippen LogP contribution in [0.1, 0.15) is 15.9 Å². The first kappa shape index (κ1) is 17.2. The molecule has 25 heavy (non-hydrogen) atoms. The van der Waals surface area contributed by atoms with Crippen molar-refractivity contribution >= 4 is 11.7 Å². The van der Waals surface area contributed by atoms with Gasteiger partial charge in [-0.25, -0.2) is 4.98 Å². The number of phenolic OH excluding ortho intramolecular Hbond substituents is 1. The smallest absolute Gasteiger partial charge is 0.254 e. The van der Waals surface area contributed by atoms with Crippen LogP contribution in [0.15, 0.2) is 42.6 Å². The molecule has 1 aromatic carbocycles. The number of amides is 1. The van der Waals surface area contributed by atoms with E-state index in [9.17, 15) is 9.90 Å². The summed E-state index contributed by atoms with van der Waals surface area (Å²) in [6.07, 6.45) is 1.65. The maximum atomic E-state index is 11.9. The van der Waals surface area contributed by atoms with Crippen molar-refractivity contribution in [2.45, 2.75) is 6.54 Å². The summed E-state index contributed by atoms with van der Waals surface area (Å²) < 4.78 is 0. The Balaban J connectivity index is 1.56. The average molecular weight is 340 g/mol. The first-order valence-electron chi connectivity index (χ1n) is 8.46. The zero-order chi connectivity index (χ0) is 17.8. The number of hydrogen-bond donors (Lipinski definition) is 1. The predicted molar refractivity (Wildman–Crippen MR) is 97.9 cm³/mol. The van der Waals surface area contributed by atoms with Crippen molar-refractivity contribution in [3.05, 3.63) is 53.7 Å². The number of nitrogens with zero attached hydrogens (tertiary/aromatic N) is 4. The number of phenols is 1. The summed E-state index contributed by atoms with van der Waals surface area (Å²) in [4.78, 5) is 22.5. The molecule has 3 rings (SSSR count). The molecule has 6 heteroatoms. The molecule has 2 heterocycles. The summed E-state index contributed by atoms with van der Waals surface area (Å²) in [6, 6.07) is 11.2. The van der Waals surface area contributed by atoms with Crippen LogP contribution < -0.4 is 4.90 Å². The van der Waals surface area contributed by atoms with Gasteiger partial charge in [-0.3, -0.25) is 9.69 Å². The monoisotopic (exact) mass is 340 g/mol. The zero-order valence-corrected chi connectivity index (χ0v) is 14.7. The Bertz CT molecular complexity index is 722. The standard InChI is InChI=1S/C19H24N4O2/c1-21(2)19(25)16-6-7-18(20-13-16)23-10-8-22(9-11-23)14-15-4-3-5-17(24)12-15/h3-7,12-13,24H,8-11,14H2,1-2H3. The highest BCUT2D eigenvalue weighted by atomic mass is 16.3. The van der Waals surface area contributed by atoms with Gasteiger partial charge in [-0.05, 0) is 29.8 Å². The summed E-state index contributed by atoms with van der Waals surface area (Å²) in [7, 11) is 3.48. The summed E-state index contributed by atoms with van der Waals surface area (Å²) >= 11 is 0. The van der Waals surface area contributed by atoms with Gasteiger partial charge >= 0.3 is 0 Å². The molecule has 0 bridgehead atoms. The van der Waals surface area contributed by atoms with Crippen molar-refractivity contribution in [1.82, 2.24) is 14.8 Å². The fourth-order valence-corrected chi connectivity index (χ4v) is 3.01. The Hall–Kier alpha value is -2.60. The van der Waals surface area contributed by atoms with Crippen LogP contribution in [0.3, 0.4) is 0 Å². The number of carbonyl (C=O) groups is 1. The number of rotatable bonds is 4. The van der Waals surface area contributed by atoms with Crippen LogP contribution in [0, 0.1) is 0 Å². The lowest BCUT2D eigenvalue weighted by molar-refractivity contribution is 0.0827. The molecular weight excluding hydrogens is 316 g/mol. The molecule has 1 N–H and O–H groups in total. The molecule has 132 valence electrons. The van der Waals surface area contributed by atoms with E-state index in [-0.39, 0.29) is 5.91 Å². The third-order valence-electron chi connectivity index (χ3n) is 4.41. The molecule has 0 atom stereocenters. The molecule has 0 saturated carbocycles. The lowest BCUT2D eigenvalue weighted by Crippen LogP contribution is -2.46. The van der Waals surface area contributed by atoms with Gasteiger partial charge in [-0.1, -0.05) is 12.1 Å². The van der Waals surface area contributed by atoms with Crippen molar-refractivity contribution in [3.63, 3.8) is 0 Å². The SMILES string of the molecule is CN(C)C(=O)c1ccc(N2CCN(Cc3cccc(O)c3)CC2)nc1. The van der Waals surface area contributed by atoms with E-state index in [1.807, 2.05) is 30.3 Å². The van der Waals surface area contributed by atoms with E-state index >= 15 is 0 Å². The number of anilines is 1. The summed E-state index contributed by atoms with van der Waals surface area (Å²) in [5, 5.41) is 9.57. The molecular formula is C19H24N4O2. The summed E-state index contributed by atoms with van der Waals surface area (Å²) in [6.45, 7) is 4.51. The molecule has 1 saturated heterocycles. The van der Waals surface area contributed by atoms with Crippen molar-refractivity contribution in [2.75, 3.05) is 45.2 Å². The van der Waals surface area contributed by atoms with E-state index in [4.69, 9.17) is 0 Å². The fourth-order valence-electron chi connectivity index (χ4n) is 3.01. The van der Waals surface area contributed by atoms with Gasteiger partial charge in [0.2, 0.25) is 0 Å². The van der Waals surface area contributed by atoms with E-state index in [0.717, 1.165) is 44.1 Å². The third kappa shape index (κ3) is 4.28. The number of benzene rings is 1. The number of aromatic nitrogens is 1. The van der Waals surface area contributed by atoms with Crippen LogP contribution in [0.5, 0.6) is 5.75 Å². The second-order valence-corrected chi connectivity index (χ2v) is 6.54. The van der Waals surface area contributed by atoms with Gasteiger partial charge in [-0.15, -0.1) is 0 Å². The molecule has 1 aromatic heterocycles. The quantitative estimate of drug-likeness (QED) is 0.920. The van der Waals surface area contributed by atoms with Crippen LogP contribution in [-0.2, 0) is 6.54 Å². The van der Waals surface area contributed by atoms with E-state index in [0.29, 0.717) is 11.3 Å². The zero-order valence-electron chi connectivity index (χ0n) is 14.7. The number of aromatic hydroxyl groups is 1. The maximum absolute atomic E-state index is 11.9. The lowest BCUT2D eigenvalue weighted by atomic mass is 10.2. The normalized spacial score (nSPS) is 15.2. The van der Waals surface area contributed by atoms with Gasteiger partial charge in [0.25, 0.3) is 5.91 Å². The summed E-state index contributed by atoms with van der Waals surface area (Å²) in [5.74, 6) is 1.19. The minimum atomic E-state index is -0.0324. The molecule has 1 fully saturated rings. The molecule has 0 aliphatic carbocycles. The second-order valence-electron chi connectivity index (χ2n) is 6.54. The van der Waals surface area contributed by atoms with Crippen LogP contribution in [0.25, 0.3) is 0 Å². The first-order valence-corrected chi connectivity index (χ1v) is 8.46. The fraction of sp³-hybridized carbons (Fsp3) is 0.368. The van der Waals surface area contributed by atoms with Crippen molar-refractivity contribution in [1.29, 1.82) is 0 Å². The van der Waals surface area contributed by atoms with Gasteiger partial charge < -0.3 is 14.9 Å². The minimum absolute atomic E-state index is 0.0324. The lowest BCUT2D eigenvalue weighted by Gasteiger charge is -2.35. The van der Waals surface area contributed by atoms with Gasteiger partial charge in [0.1, 0.15) is 11.6 Å². The Kier molecular flexibility index (Phi) is 5.19. The first-order chi connectivity index (χ1) is 12.0. The maximum Gasteiger partial charge on any atom is 0.254 e. The van der Waals surface area contributed by atoms with E-state index < -0.39 is 0 Å². The number of carbonyl (C=O) groups excluding carboxylic acids is 1.